The first kappa shape index (κ1) is 9.30. The van der Waals surface area contributed by atoms with Crippen molar-refractivity contribution in [1.29, 1.82) is 0 Å². The van der Waals surface area contributed by atoms with Crippen LogP contribution in [0.3, 0.4) is 0 Å². The molecule has 3 aliphatic heterocycles. The van der Waals surface area contributed by atoms with Gasteiger partial charge >= 0.3 is 11.9 Å². The van der Waals surface area contributed by atoms with Crippen LogP contribution in [0.1, 0.15) is 0 Å². The highest BCUT2D eigenvalue weighted by molar-refractivity contribution is 9.12. The Hall–Kier alpha value is 0.0600. The van der Waals surface area contributed by atoms with E-state index in [1.165, 1.54) is 0 Å². The minimum atomic E-state index is -0.434. The van der Waals surface area contributed by atoms with E-state index in [0.717, 1.165) is 0 Å². The molecule has 3 aliphatic rings. The van der Waals surface area contributed by atoms with Gasteiger partial charge in [0, 0.05) is 0 Å². The van der Waals surface area contributed by atoms with E-state index in [0.29, 0.717) is 0 Å². The van der Waals surface area contributed by atoms with Gasteiger partial charge in [0.2, 0.25) is 0 Å². The number of ether oxygens (including phenoxy) is 2. The fourth-order valence-corrected chi connectivity index (χ4v) is 3.97. The van der Waals surface area contributed by atoms with E-state index in [1.807, 2.05) is 0 Å². The van der Waals surface area contributed by atoms with Crippen LogP contribution >= 0.6 is 31.9 Å². The maximum atomic E-state index is 11.3. The number of hydrogen-bond acceptors (Lipinski definition) is 4. The molecule has 6 atom stereocenters. The van der Waals surface area contributed by atoms with Crippen molar-refractivity contribution in [3.63, 3.8) is 0 Å². The van der Waals surface area contributed by atoms with E-state index in [2.05, 4.69) is 36.6 Å². The highest BCUT2D eigenvalue weighted by Crippen LogP contribution is 2.52. The molecule has 0 saturated carbocycles. The van der Waals surface area contributed by atoms with Gasteiger partial charge in [0.15, 0.2) is 0 Å². The summed E-state index contributed by atoms with van der Waals surface area (Å²) in [5.74, 6) is -1.66. The van der Waals surface area contributed by atoms with Gasteiger partial charge in [-0.25, -0.2) is 0 Å². The molecule has 4 nitrogen and oxygen atoms in total. The van der Waals surface area contributed by atoms with Crippen LogP contribution in [-0.2, 0) is 19.1 Å². The molecule has 0 aliphatic carbocycles. The lowest BCUT2D eigenvalue weighted by Crippen LogP contribution is -2.42. The number of cyclic esters (lactones) is 2. The molecule has 3 rings (SSSR count). The van der Waals surface area contributed by atoms with E-state index in [4.69, 9.17) is 4.74 Å². The van der Waals surface area contributed by atoms with E-state index in [1.54, 1.807) is 0 Å². The monoisotopic (exact) mass is 324 g/mol. The standard InChI is InChI=1S/C8H6Br2O4/c9-3-4(10)6-2-1(5(3)13-6)7(11)14-8(2)12/h1-6H/t1-,2+,3-,4-,5-,6+/m1/s1. The van der Waals surface area contributed by atoms with Crippen molar-refractivity contribution < 1.29 is 19.1 Å². The first-order chi connectivity index (χ1) is 6.61. The van der Waals surface area contributed by atoms with E-state index < -0.39 is 23.8 Å². The van der Waals surface area contributed by atoms with Gasteiger partial charge in [-0.15, -0.1) is 0 Å². The summed E-state index contributed by atoms with van der Waals surface area (Å²) in [6.45, 7) is 0. The van der Waals surface area contributed by atoms with Gasteiger partial charge in [0.05, 0.1) is 21.9 Å². The van der Waals surface area contributed by atoms with Gasteiger partial charge in [-0.2, -0.15) is 0 Å². The lowest BCUT2D eigenvalue weighted by Gasteiger charge is -2.23. The van der Waals surface area contributed by atoms with Crippen molar-refractivity contribution in [3.05, 3.63) is 0 Å². The van der Waals surface area contributed by atoms with Crippen LogP contribution in [0.5, 0.6) is 0 Å². The molecule has 0 unspecified atom stereocenters. The molecule has 0 aromatic carbocycles. The average molecular weight is 326 g/mol. The Balaban J connectivity index is 2.01. The van der Waals surface area contributed by atoms with Gasteiger partial charge < -0.3 is 9.47 Å². The summed E-state index contributed by atoms with van der Waals surface area (Å²) in [7, 11) is 0. The molecule has 0 aromatic heterocycles. The van der Waals surface area contributed by atoms with Crippen LogP contribution in [0.15, 0.2) is 0 Å². The molecule has 0 aromatic rings. The second-order valence-corrected chi connectivity index (χ2v) is 5.86. The van der Waals surface area contributed by atoms with Crippen molar-refractivity contribution in [2.75, 3.05) is 0 Å². The number of alkyl halides is 2. The van der Waals surface area contributed by atoms with Crippen molar-refractivity contribution in [3.8, 4) is 0 Å². The fraction of sp³-hybridized carbons (Fsp3) is 0.750. The minimum Gasteiger partial charge on any atom is -0.393 e. The summed E-state index contributed by atoms with van der Waals surface area (Å²) in [6.07, 6.45) is -0.457. The third-order valence-corrected chi connectivity index (χ3v) is 5.98. The molecule has 0 spiro atoms. The number of fused-ring (bicyclic) bond motifs is 5. The molecule has 0 amide bonds. The van der Waals surface area contributed by atoms with Crippen LogP contribution in [-0.4, -0.2) is 33.8 Å². The van der Waals surface area contributed by atoms with Crippen molar-refractivity contribution in [2.45, 2.75) is 21.9 Å². The van der Waals surface area contributed by atoms with Crippen molar-refractivity contribution in [2.24, 2.45) is 11.8 Å². The number of halogens is 2. The van der Waals surface area contributed by atoms with Gasteiger partial charge in [0.25, 0.3) is 0 Å². The Kier molecular flexibility index (Phi) is 1.86. The molecular formula is C8H6Br2O4. The Morgan fingerprint density at radius 1 is 0.929 bits per heavy atom. The molecule has 0 radical (unpaired) electrons. The van der Waals surface area contributed by atoms with Gasteiger partial charge in [-0.05, 0) is 0 Å². The molecule has 3 saturated heterocycles. The smallest absolute Gasteiger partial charge is 0.320 e. The SMILES string of the molecule is O=C1OC(=O)[C@H]2[C@H]3O[C@H]([C@H](Br)[C@H]3Br)[C@@H]12. The zero-order chi connectivity index (χ0) is 10.0. The topological polar surface area (TPSA) is 52.6 Å². The molecule has 0 N–H and O–H groups in total. The number of carbonyl (C=O) groups excluding carboxylic acids is 2. The maximum absolute atomic E-state index is 11.3. The Morgan fingerprint density at radius 3 is 1.79 bits per heavy atom. The minimum absolute atomic E-state index is 0.0761. The molecule has 76 valence electrons. The number of hydrogen-bond donors (Lipinski definition) is 0. The summed E-state index contributed by atoms with van der Waals surface area (Å²) in [6, 6.07) is 0. The van der Waals surface area contributed by atoms with E-state index in [-0.39, 0.29) is 21.9 Å². The third-order valence-electron chi connectivity index (χ3n) is 3.09. The molecule has 6 heteroatoms. The summed E-state index contributed by atoms with van der Waals surface area (Å²) in [5.41, 5.74) is 0. The van der Waals surface area contributed by atoms with Crippen LogP contribution < -0.4 is 0 Å². The fourth-order valence-electron chi connectivity index (χ4n) is 2.46. The zero-order valence-electron chi connectivity index (χ0n) is 6.85. The molecule has 3 heterocycles. The van der Waals surface area contributed by atoms with Crippen LogP contribution in [0.25, 0.3) is 0 Å². The zero-order valence-corrected chi connectivity index (χ0v) is 10.0. The maximum Gasteiger partial charge on any atom is 0.320 e. The normalized spacial score (nSPS) is 55.0. The van der Waals surface area contributed by atoms with Crippen molar-refractivity contribution in [1.82, 2.24) is 0 Å². The highest BCUT2D eigenvalue weighted by Gasteiger charge is 2.67. The number of esters is 2. The van der Waals surface area contributed by atoms with Crippen molar-refractivity contribution >= 4 is 43.8 Å². The molecule has 3 fully saturated rings. The average Bonchev–Trinajstić information content (AvgIpc) is 2.71. The van der Waals surface area contributed by atoms with Gasteiger partial charge in [-0.3, -0.25) is 9.59 Å². The quantitative estimate of drug-likeness (QED) is 0.372. The van der Waals surface area contributed by atoms with E-state index in [9.17, 15) is 9.59 Å². The summed E-state index contributed by atoms with van der Waals surface area (Å²) in [4.78, 5) is 22.9. The number of rotatable bonds is 0. The summed E-state index contributed by atoms with van der Waals surface area (Å²) in [5, 5.41) is 0. The second kappa shape index (κ2) is 2.80. The van der Waals surface area contributed by atoms with Crippen LogP contribution in [0.2, 0.25) is 0 Å². The van der Waals surface area contributed by atoms with Crippen LogP contribution in [0.4, 0.5) is 0 Å². The molecule has 14 heavy (non-hydrogen) atoms. The lowest BCUT2D eigenvalue weighted by atomic mass is 9.81. The third kappa shape index (κ3) is 0.919. The lowest BCUT2D eigenvalue weighted by molar-refractivity contribution is -0.156. The number of carbonyl (C=O) groups is 2. The Labute approximate surface area is 96.6 Å². The van der Waals surface area contributed by atoms with Gasteiger partial charge in [0.1, 0.15) is 11.8 Å². The predicted octanol–water partition coefficient (Wildman–Crippen LogP) is 0.610. The van der Waals surface area contributed by atoms with Crippen LogP contribution in [0, 0.1) is 11.8 Å². The first-order valence-electron chi connectivity index (χ1n) is 4.30. The second-order valence-electron chi connectivity index (χ2n) is 3.75. The Bertz CT molecular complexity index is 301. The van der Waals surface area contributed by atoms with Gasteiger partial charge in [-0.1, -0.05) is 31.9 Å². The molecule has 2 bridgehead atoms. The van der Waals surface area contributed by atoms with E-state index >= 15 is 0 Å². The Morgan fingerprint density at radius 2 is 1.36 bits per heavy atom. The highest BCUT2D eigenvalue weighted by atomic mass is 79.9. The summed E-state index contributed by atoms with van der Waals surface area (Å²) >= 11 is 6.91. The largest absolute Gasteiger partial charge is 0.393 e. The molecular weight excluding hydrogens is 320 g/mol. The summed E-state index contributed by atoms with van der Waals surface area (Å²) < 4.78 is 10.2. The first-order valence-corrected chi connectivity index (χ1v) is 6.13. The predicted molar refractivity (Wildman–Crippen MR) is 52.2 cm³/mol.